The van der Waals surface area contributed by atoms with Crippen LogP contribution in [-0.2, 0) is 4.74 Å². The fraction of sp³-hybridized carbons (Fsp3) is 0.500. The Morgan fingerprint density at radius 2 is 2.18 bits per heavy atom. The maximum Gasteiger partial charge on any atom is 0.228 e. The number of nitrogens with zero attached hydrogens (tertiary/aromatic N) is 5. The van der Waals surface area contributed by atoms with Gasteiger partial charge >= 0.3 is 0 Å². The summed E-state index contributed by atoms with van der Waals surface area (Å²) < 4.78 is 11.7. The van der Waals surface area contributed by atoms with Crippen LogP contribution in [0.2, 0.25) is 0 Å². The van der Waals surface area contributed by atoms with Gasteiger partial charge in [-0.05, 0) is 0 Å². The fourth-order valence-electron chi connectivity index (χ4n) is 2.44. The number of hydrogen-bond donors (Lipinski definition) is 3. The zero-order valence-electron chi connectivity index (χ0n) is 11.5. The van der Waals surface area contributed by atoms with Gasteiger partial charge in [-0.2, -0.15) is 10.4 Å². The predicted octanol–water partition coefficient (Wildman–Crippen LogP) is -1.68. The third-order valence-corrected chi connectivity index (χ3v) is 3.51. The van der Waals surface area contributed by atoms with Crippen molar-refractivity contribution in [1.29, 1.82) is 5.26 Å². The number of ether oxygens (including phenoxy) is 2. The van der Waals surface area contributed by atoms with Crippen LogP contribution < -0.4 is 4.74 Å². The van der Waals surface area contributed by atoms with Crippen molar-refractivity contribution in [2.45, 2.75) is 24.5 Å². The van der Waals surface area contributed by atoms with Gasteiger partial charge in [0.15, 0.2) is 17.6 Å². The fourth-order valence-corrected chi connectivity index (χ4v) is 2.44. The van der Waals surface area contributed by atoms with E-state index in [1.807, 2.05) is 6.07 Å². The van der Waals surface area contributed by atoms with E-state index >= 15 is 0 Å². The molecule has 0 unspecified atom stereocenters. The minimum atomic E-state index is -1.33. The Bertz CT molecular complexity index is 741. The summed E-state index contributed by atoms with van der Waals surface area (Å²) in [6.07, 6.45) is -3.41. The maximum atomic E-state index is 10.1. The Balaban J connectivity index is 2.15. The standard InChI is InChI=1S/C12H13N5O5/c1-21-11-7-5(2-13)16-17(10(7)14-4-15-11)12-9(20)8(19)6(3-18)22-12/h4,6,8-9,12,18-20H,3H2,1H3/t6-,8-,9-,12-/m1/s1. The molecule has 0 aliphatic carbocycles. The molecule has 2 aromatic rings. The molecule has 1 aliphatic heterocycles. The molecule has 0 amide bonds. The summed E-state index contributed by atoms with van der Waals surface area (Å²) in [6.45, 7) is -0.461. The highest BCUT2D eigenvalue weighted by molar-refractivity contribution is 5.85. The molecule has 1 aliphatic rings. The number of methoxy groups -OCH3 is 1. The van der Waals surface area contributed by atoms with Gasteiger partial charge in [0, 0.05) is 0 Å². The van der Waals surface area contributed by atoms with Gasteiger partial charge in [0.05, 0.1) is 13.7 Å². The first-order valence-corrected chi connectivity index (χ1v) is 6.42. The Morgan fingerprint density at radius 1 is 1.41 bits per heavy atom. The zero-order valence-corrected chi connectivity index (χ0v) is 11.5. The van der Waals surface area contributed by atoms with Gasteiger partial charge in [0.1, 0.15) is 36.1 Å². The summed E-state index contributed by atoms with van der Waals surface area (Å²) in [5, 5.41) is 42.6. The molecular formula is C12H13N5O5. The number of aromatic nitrogens is 4. The largest absolute Gasteiger partial charge is 0.480 e. The molecule has 0 bridgehead atoms. The summed E-state index contributed by atoms with van der Waals surface area (Å²) in [5.41, 5.74) is 0.225. The molecule has 1 saturated heterocycles. The average molecular weight is 307 g/mol. The molecule has 0 saturated carbocycles. The van der Waals surface area contributed by atoms with Gasteiger partial charge in [0.2, 0.25) is 5.88 Å². The van der Waals surface area contributed by atoms with Gasteiger partial charge < -0.3 is 24.8 Å². The van der Waals surface area contributed by atoms with E-state index in [0.29, 0.717) is 0 Å². The summed E-state index contributed by atoms with van der Waals surface area (Å²) in [6, 6.07) is 1.90. The van der Waals surface area contributed by atoms with Crippen molar-refractivity contribution in [3.63, 3.8) is 0 Å². The van der Waals surface area contributed by atoms with Crippen molar-refractivity contribution in [2.24, 2.45) is 0 Å². The molecule has 3 heterocycles. The van der Waals surface area contributed by atoms with E-state index in [0.717, 1.165) is 0 Å². The molecule has 0 radical (unpaired) electrons. The Hall–Kier alpha value is -2.32. The molecule has 1 fully saturated rings. The molecule has 3 N–H and O–H groups in total. The van der Waals surface area contributed by atoms with E-state index in [-0.39, 0.29) is 22.6 Å². The molecule has 116 valence electrons. The van der Waals surface area contributed by atoms with Gasteiger partial charge in [-0.3, -0.25) is 0 Å². The van der Waals surface area contributed by atoms with Crippen LogP contribution >= 0.6 is 0 Å². The third kappa shape index (κ3) is 1.99. The van der Waals surface area contributed by atoms with Gasteiger partial charge in [-0.25, -0.2) is 14.6 Å². The zero-order chi connectivity index (χ0) is 15.9. The van der Waals surface area contributed by atoms with Crippen LogP contribution in [0.4, 0.5) is 0 Å². The molecule has 0 aromatic carbocycles. The molecule has 2 aromatic heterocycles. The Labute approximate surface area is 124 Å². The summed E-state index contributed by atoms with van der Waals surface area (Å²) in [5.74, 6) is 0.166. The number of hydrogen-bond acceptors (Lipinski definition) is 9. The first-order valence-electron chi connectivity index (χ1n) is 6.42. The highest BCUT2D eigenvalue weighted by Crippen LogP contribution is 2.33. The van der Waals surface area contributed by atoms with E-state index < -0.39 is 31.1 Å². The van der Waals surface area contributed by atoms with Crippen molar-refractivity contribution in [1.82, 2.24) is 19.7 Å². The lowest BCUT2D eigenvalue weighted by molar-refractivity contribution is -0.0567. The van der Waals surface area contributed by atoms with Crippen LogP contribution in [0.25, 0.3) is 11.0 Å². The molecule has 0 spiro atoms. The van der Waals surface area contributed by atoms with Gasteiger partial charge in [-0.15, -0.1) is 0 Å². The number of aliphatic hydroxyl groups excluding tert-OH is 3. The number of fused-ring (bicyclic) bond motifs is 1. The first kappa shape index (κ1) is 14.6. The van der Waals surface area contributed by atoms with Crippen LogP contribution in [0.1, 0.15) is 11.9 Å². The van der Waals surface area contributed by atoms with Crippen molar-refractivity contribution in [3.05, 3.63) is 12.0 Å². The summed E-state index contributed by atoms with van der Waals surface area (Å²) in [4.78, 5) is 7.94. The Morgan fingerprint density at radius 3 is 2.77 bits per heavy atom. The average Bonchev–Trinajstić information content (AvgIpc) is 3.06. The lowest BCUT2D eigenvalue weighted by atomic mass is 10.1. The topological polar surface area (TPSA) is 147 Å². The SMILES string of the molecule is COc1ncnc2c1c(C#N)nn2[C@@H]1O[C@H](CO)[C@@H](O)[C@H]1O. The molecule has 10 heteroatoms. The van der Waals surface area contributed by atoms with E-state index in [9.17, 15) is 15.5 Å². The van der Waals surface area contributed by atoms with Crippen molar-refractivity contribution < 1.29 is 24.8 Å². The van der Waals surface area contributed by atoms with E-state index in [1.165, 1.54) is 18.1 Å². The third-order valence-electron chi connectivity index (χ3n) is 3.51. The van der Waals surface area contributed by atoms with Crippen LogP contribution in [0.15, 0.2) is 6.33 Å². The van der Waals surface area contributed by atoms with Gasteiger partial charge in [-0.1, -0.05) is 0 Å². The maximum absolute atomic E-state index is 10.1. The molecular weight excluding hydrogens is 294 g/mol. The molecule has 22 heavy (non-hydrogen) atoms. The highest BCUT2D eigenvalue weighted by Gasteiger charge is 2.44. The minimum absolute atomic E-state index is 0.00480. The highest BCUT2D eigenvalue weighted by atomic mass is 16.6. The predicted molar refractivity (Wildman–Crippen MR) is 69.6 cm³/mol. The molecule has 4 atom stereocenters. The van der Waals surface area contributed by atoms with Crippen LogP contribution in [0.5, 0.6) is 5.88 Å². The van der Waals surface area contributed by atoms with E-state index in [4.69, 9.17) is 14.6 Å². The smallest absolute Gasteiger partial charge is 0.228 e. The minimum Gasteiger partial charge on any atom is -0.480 e. The van der Waals surface area contributed by atoms with E-state index in [2.05, 4.69) is 15.1 Å². The lowest BCUT2D eigenvalue weighted by Crippen LogP contribution is -2.33. The quantitative estimate of drug-likeness (QED) is 0.604. The summed E-state index contributed by atoms with van der Waals surface area (Å²) >= 11 is 0. The van der Waals surface area contributed by atoms with Gasteiger partial charge in [0.25, 0.3) is 0 Å². The first-order chi connectivity index (χ1) is 10.6. The lowest BCUT2D eigenvalue weighted by Gasteiger charge is -2.15. The van der Waals surface area contributed by atoms with Crippen LogP contribution in [-0.4, -0.2) is 67.1 Å². The summed E-state index contributed by atoms with van der Waals surface area (Å²) in [7, 11) is 1.40. The van der Waals surface area contributed by atoms with Crippen molar-refractivity contribution in [3.8, 4) is 11.9 Å². The molecule has 10 nitrogen and oxygen atoms in total. The Kier molecular flexibility index (Phi) is 3.63. The van der Waals surface area contributed by atoms with Crippen molar-refractivity contribution in [2.75, 3.05) is 13.7 Å². The normalized spacial score (nSPS) is 28.0. The van der Waals surface area contributed by atoms with Crippen LogP contribution in [0, 0.1) is 11.3 Å². The number of nitriles is 1. The number of rotatable bonds is 3. The van der Waals surface area contributed by atoms with Crippen LogP contribution in [0.3, 0.4) is 0 Å². The monoisotopic (exact) mass is 307 g/mol. The molecule has 3 rings (SSSR count). The second kappa shape index (κ2) is 5.47. The number of aliphatic hydroxyl groups is 3. The second-order valence-corrected chi connectivity index (χ2v) is 4.72. The van der Waals surface area contributed by atoms with Crippen molar-refractivity contribution >= 4 is 11.0 Å². The second-order valence-electron chi connectivity index (χ2n) is 4.72. The van der Waals surface area contributed by atoms with E-state index in [1.54, 1.807) is 0 Å².